The maximum Gasteiger partial charge on any atom is 0.223 e. The molecule has 2 aromatic rings. The van der Waals surface area contributed by atoms with Crippen molar-refractivity contribution in [2.75, 3.05) is 5.73 Å². The van der Waals surface area contributed by atoms with Crippen molar-refractivity contribution in [1.29, 1.82) is 0 Å². The first-order valence-corrected chi connectivity index (χ1v) is 8.27. The van der Waals surface area contributed by atoms with E-state index in [1.54, 1.807) is 11.3 Å². The molecule has 0 atom stereocenters. The molecule has 1 aliphatic carbocycles. The summed E-state index contributed by atoms with van der Waals surface area (Å²) in [7, 11) is 0. The number of aryl methyl sites for hydroxylation is 1. The summed E-state index contributed by atoms with van der Waals surface area (Å²) < 4.78 is 0. The number of amides is 1. The molecule has 1 heterocycles. The van der Waals surface area contributed by atoms with E-state index in [1.165, 1.54) is 4.88 Å². The summed E-state index contributed by atoms with van der Waals surface area (Å²) in [5.41, 5.74) is 7.79. The zero-order valence-corrected chi connectivity index (χ0v) is 12.8. The van der Waals surface area contributed by atoms with E-state index in [2.05, 4.69) is 11.4 Å². The van der Waals surface area contributed by atoms with E-state index >= 15 is 0 Å². The van der Waals surface area contributed by atoms with Crippen LogP contribution in [0, 0.1) is 0 Å². The van der Waals surface area contributed by atoms with Crippen molar-refractivity contribution in [3.8, 4) is 0 Å². The van der Waals surface area contributed by atoms with Crippen LogP contribution in [0.3, 0.4) is 0 Å². The van der Waals surface area contributed by atoms with E-state index in [9.17, 15) is 4.79 Å². The maximum absolute atomic E-state index is 12.5. The lowest BCUT2D eigenvalue weighted by molar-refractivity contribution is -0.132. The number of anilines is 1. The van der Waals surface area contributed by atoms with Crippen LogP contribution in [0.15, 0.2) is 41.8 Å². The molecule has 0 aliphatic heterocycles. The highest BCUT2D eigenvalue weighted by atomic mass is 32.1. The predicted molar refractivity (Wildman–Crippen MR) is 87.1 cm³/mol. The van der Waals surface area contributed by atoms with E-state index in [4.69, 9.17) is 5.73 Å². The van der Waals surface area contributed by atoms with Crippen molar-refractivity contribution in [2.45, 2.75) is 38.3 Å². The van der Waals surface area contributed by atoms with Gasteiger partial charge < -0.3 is 10.6 Å². The second kappa shape index (κ2) is 6.31. The molecule has 1 saturated carbocycles. The quantitative estimate of drug-likeness (QED) is 0.831. The number of benzene rings is 1. The summed E-state index contributed by atoms with van der Waals surface area (Å²) in [6, 6.07) is 12.4. The second-order valence-electron chi connectivity index (χ2n) is 5.53. The minimum atomic E-state index is 0.245. The van der Waals surface area contributed by atoms with Gasteiger partial charge >= 0.3 is 0 Å². The normalized spacial score (nSPS) is 14.1. The first kappa shape index (κ1) is 14.1. The summed E-state index contributed by atoms with van der Waals surface area (Å²) in [6.07, 6.45) is 3.55. The van der Waals surface area contributed by atoms with E-state index in [0.717, 1.165) is 37.1 Å². The molecule has 0 spiro atoms. The average molecular weight is 300 g/mol. The number of rotatable bonds is 6. The highest BCUT2D eigenvalue weighted by molar-refractivity contribution is 7.09. The van der Waals surface area contributed by atoms with Crippen molar-refractivity contribution in [1.82, 2.24) is 4.90 Å². The third-order valence-corrected chi connectivity index (χ3v) is 4.74. The van der Waals surface area contributed by atoms with Crippen LogP contribution in [-0.2, 0) is 17.8 Å². The van der Waals surface area contributed by atoms with Gasteiger partial charge in [-0.2, -0.15) is 0 Å². The van der Waals surface area contributed by atoms with E-state index in [-0.39, 0.29) is 5.91 Å². The van der Waals surface area contributed by atoms with Gasteiger partial charge in [0.2, 0.25) is 5.91 Å². The highest BCUT2D eigenvalue weighted by Crippen LogP contribution is 2.30. The van der Waals surface area contributed by atoms with E-state index in [1.807, 2.05) is 35.2 Å². The van der Waals surface area contributed by atoms with Crippen molar-refractivity contribution in [2.24, 2.45) is 0 Å². The van der Waals surface area contributed by atoms with Gasteiger partial charge in [0, 0.05) is 23.0 Å². The minimum absolute atomic E-state index is 0.245. The van der Waals surface area contributed by atoms with Gasteiger partial charge in [0.25, 0.3) is 0 Å². The first-order chi connectivity index (χ1) is 10.2. The van der Waals surface area contributed by atoms with Crippen LogP contribution < -0.4 is 5.73 Å². The molecule has 3 rings (SSSR count). The SMILES string of the molecule is Nc1ccccc1CCC(=O)N(Cc1cccs1)C1CC1. The lowest BCUT2D eigenvalue weighted by atomic mass is 10.1. The number of carbonyl (C=O) groups excluding carboxylic acids is 1. The molecule has 1 aromatic heterocycles. The van der Waals surface area contributed by atoms with Crippen molar-refractivity contribution >= 4 is 22.9 Å². The highest BCUT2D eigenvalue weighted by Gasteiger charge is 2.32. The topological polar surface area (TPSA) is 46.3 Å². The number of para-hydroxylation sites is 1. The Bertz CT molecular complexity index is 605. The maximum atomic E-state index is 12.5. The Morgan fingerprint density at radius 3 is 2.71 bits per heavy atom. The predicted octanol–water partition coefficient (Wildman–Crippen LogP) is 3.45. The summed E-state index contributed by atoms with van der Waals surface area (Å²) in [5.74, 6) is 0.245. The number of nitrogens with two attached hydrogens (primary N) is 1. The minimum Gasteiger partial charge on any atom is -0.399 e. The van der Waals surface area contributed by atoms with Gasteiger partial charge in [-0.25, -0.2) is 0 Å². The molecule has 0 radical (unpaired) electrons. The number of thiophene rings is 1. The molecular weight excluding hydrogens is 280 g/mol. The third kappa shape index (κ3) is 3.64. The number of nitrogen functional groups attached to an aromatic ring is 1. The molecule has 1 amide bonds. The Balaban J connectivity index is 1.61. The lowest BCUT2D eigenvalue weighted by Crippen LogP contribution is -2.32. The summed E-state index contributed by atoms with van der Waals surface area (Å²) in [4.78, 5) is 15.8. The van der Waals surface area contributed by atoms with Crippen molar-refractivity contribution in [3.05, 3.63) is 52.2 Å². The molecule has 0 bridgehead atoms. The van der Waals surface area contributed by atoms with Crippen molar-refractivity contribution in [3.63, 3.8) is 0 Å². The molecule has 1 fully saturated rings. The number of hydrogen-bond acceptors (Lipinski definition) is 3. The van der Waals surface area contributed by atoms with Crippen molar-refractivity contribution < 1.29 is 4.79 Å². The molecule has 0 saturated heterocycles. The lowest BCUT2D eigenvalue weighted by Gasteiger charge is -2.22. The van der Waals surface area contributed by atoms with Gasteiger partial charge in [0.05, 0.1) is 6.54 Å². The van der Waals surface area contributed by atoms with Gasteiger partial charge in [0.1, 0.15) is 0 Å². The Kier molecular flexibility index (Phi) is 4.25. The number of hydrogen-bond donors (Lipinski definition) is 1. The Labute approximate surface area is 129 Å². The zero-order valence-electron chi connectivity index (χ0n) is 12.0. The van der Waals surface area contributed by atoms with E-state index < -0.39 is 0 Å². The van der Waals surface area contributed by atoms with Gasteiger partial charge in [-0.1, -0.05) is 24.3 Å². The molecular formula is C17H20N2OS. The summed E-state index contributed by atoms with van der Waals surface area (Å²) >= 11 is 1.72. The Hall–Kier alpha value is -1.81. The monoisotopic (exact) mass is 300 g/mol. The molecule has 4 heteroatoms. The fourth-order valence-electron chi connectivity index (χ4n) is 2.52. The smallest absolute Gasteiger partial charge is 0.223 e. The van der Waals surface area contributed by atoms with Gasteiger partial charge in [-0.15, -0.1) is 11.3 Å². The first-order valence-electron chi connectivity index (χ1n) is 7.39. The van der Waals surface area contributed by atoms with Crippen LogP contribution in [0.25, 0.3) is 0 Å². The number of carbonyl (C=O) groups is 1. The average Bonchev–Trinajstić information content (AvgIpc) is 3.20. The van der Waals surface area contributed by atoms with Crippen LogP contribution in [0.5, 0.6) is 0 Å². The Morgan fingerprint density at radius 1 is 1.24 bits per heavy atom. The summed E-state index contributed by atoms with van der Waals surface area (Å²) in [5, 5.41) is 2.07. The molecule has 1 aliphatic rings. The van der Waals surface area contributed by atoms with Crippen LogP contribution >= 0.6 is 11.3 Å². The molecule has 0 unspecified atom stereocenters. The zero-order chi connectivity index (χ0) is 14.7. The van der Waals surface area contributed by atoms with Gasteiger partial charge in [-0.05, 0) is 42.3 Å². The fourth-order valence-corrected chi connectivity index (χ4v) is 3.23. The fraction of sp³-hybridized carbons (Fsp3) is 0.353. The molecule has 2 N–H and O–H groups in total. The molecule has 3 nitrogen and oxygen atoms in total. The largest absolute Gasteiger partial charge is 0.399 e. The van der Waals surface area contributed by atoms with Gasteiger partial charge in [-0.3, -0.25) is 4.79 Å². The molecule has 21 heavy (non-hydrogen) atoms. The van der Waals surface area contributed by atoms with Crippen LogP contribution in [0.4, 0.5) is 5.69 Å². The number of nitrogens with zero attached hydrogens (tertiary/aromatic N) is 1. The van der Waals surface area contributed by atoms with Crippen LogP contribution in [0.2, 0.25) is 0 Å². The Morgan fingerprint density at radius 2 is 2.05 bits per heavy atom. The molecule has 1 aromatic carbocycles. The third-order valence-electron chi connectivity index (χ3n) is 3.88. The standard InChI is InChI=1S/C17H20N2OS/c18-16-6-2-1-4-13(16)7-10-17(20)19(14-8-9-14)12-15-5-3-11-21-15/h1-6,11,14H,7-10,12,18H2. The molecule has 110 valence electrons. The van der Waals surface area contributed by atoms with E-state index in [0.29, 0.717) is 12.5 Å². The van der Waals surface area contributed by atoms with Gasteiger partial charge in [0.15, 0.2) is 0 Å². The summed E-state index contributed by atoms with van der Waals surface area (Å²) in [6.45, 7) is 0.755. The van der Waals surface area contributed by atoms with Crippen LogP contribution in [0.1, 0.15) is 29.7 Å². The van der Waals surface area contributed by atoms with Crippen LogP contribution in [-0.4, -0.2) is 16.8 Å². The second-order valence-corrected chi connectivity index (χ2v) is 6.56.